The van der Waals surface area contributed by atoms with E-state index in [0.717, 1.165) is 28.0 Å². The van der Waals surface area contributed by atoms with Crippen molar-refractivity contribution in [3.63, 3.8) is 0 Å². The Hall–Kier alpha value is -0.188. The van der Waals surface area contributed by atoms with Gasteiger partial charge in [-0.25, -0.2) is 11.4 Å². The van der Waals surface area contributed by atoms with Gasteiger partial charge in [0.1, 0.15) is 17.9 Å². The molecule has 1 aromatic heterocycles. The van der Waals surface area contributed by atoms with Crippen molar-refractivity contribution in [3.8, 4) is 5.75 Å². The van der Waals surface area contributed by atoms with Crippen LogP contribution in [0.2, 0.25) is 0 Å². The van der Waals surface area contributed by atoms with Gasteiger partial charge in [0.05, 0.1) is 5.44 Å². The molecular formula is C21H19CsO4S. The molecule has 4 rings (SSSR count). The number of thioether (sulfide) groups is 1. The number of hydrogen-bond acceptors (Lipinski definition) is 5. The Balaban J connectivity index is 0.00000210. The monoisotopic (exact) mass is 500 g/mol. The smallest absolute Gasteiger partial charge is 0.542 e. The maximum Gasteiger partial charge on any atom is 1.00 e. The minimum Gasteiger partial charge on any atom is -0.542 e. The Kier molecular flexibility index (Phi) is 7.99. The largest absolute Gasteiger partial charge is 1.00 e. The molecule has 27 heavy (non-hydrogen) atoms. The summed E-state index contributed by atoms with van der Waals surface area (Å²) < 4.78 is 16.8. The van der Waals surface area contributed by atoms with Gasteiger partial charge in [-0.1, -0.05) is 36.9 Å². The van der Waals surface area contributed by atoms with Gasteiger partial charge in [0.15, 0.2) is 0 Å². The molecule has 0 radical (unpaired) electrons. The summed E-state index contributed by atoms with van der Waals surface area (Å²) in [5.41, 5.74) is 1.35. The van der Waals surface area contributed by atoms with E-state index in [-0.39, 0.29) is 80.0 Å². The summed E-state index contributed by atoms with van der Waals surface area (Å²) in [6.45, 7) is 4.48. The Labute approximate surface area is 221 Å². The fraction of sp³-hybridized carbons (Fsp3) is 0.238. The minimum atomic E-state index is -0.346. The van der Waals surface area contributed by atoms with Gasteiger partial charge in [-0.05, 0) is 42.3 Å². The Bertz CT molecular complexity index is 972. The van der Waals surface area contributed by atoms with Crippen molar-refractivity contribution < 1.29 is 82.8 Å². The molecule has 1 aliphatic heterocycles. The van der Waals surface area contributed by atoms with Crippen LogP contribution in [0.4, 0.5) is 0 Å². The first-order valence-corrected chi connectivity index (χ1v) is 9.45. The molecule has 4 nitrogen and oxygen atoms in total. The molecule has 0 aliphatic carbocycles. The van der Waals surface area contributed by atoms with Gasteiger partial charge >= 0.3 is 74.5 Å². The van der Waals surface area contributed by atoms with Crippen LogP contribution in [-0.2, 0) is 11.3 Å². The van der Waals surface area contributed by atoms with E-state index in [1.54, 1.807) is 17.8 Å². The summed E-state index contributed by atoms with van der Waals surface area (Å²) >= 11 is 1.71. The third-order valence-corrected chi connectivity index (χ3v) is 5.29. The SMILES string of the molecule is C[C@H]1[CH-]OC(Sc2cccc(OCc3ccc4ccc(=O)oc4c3)c2)C1.[Cs+]. The summed E-state index contributed by atoms with van der Waals surface area (Å²) in [6.07, 6.45) is 1.03. The van der Waals surface area contributed by atoms with E-state index in [4.69, 9.17) is 13.9 Å². The van der Waals surface area contributed by atoms with Crippen molar-refractivity contribution in [2.45, 2.75) is 30.3 Å². The Morgan fingerprint density at radius 2 is 2.04 bits per heavy atom. The molecule has 1 saturated heterocycles. The number of fused-ring (bicyclic) bond motifs is 1. The van der Waals surface area contributed by atoms with Crippen LogP contribution in [0.15, 0.2) is 68.7 Å². The molecule has 2 aromatic carbocycles. The van der Waals surface area contributed by atoms with Gasteiger partial charge < -0.3 is 13.9 Å². The van der Waals surface area contributed by atoms with Crippen molar-refractivity contribution in [1.29, 1.82) is 0 Å². The van der Waals surface area contributed by atoms with Gasteiger partial charge in [0.25, 0.3) is 0 Å². The van der Waals surface area contributed by atoms with Crippen LogP contribution in [0.5, 0.6) is 5.75 Å². The molecule has 0 N–H and O–H groups in total. The van der Waals surface area contributed by atoms with E-state index < -0.39 is 0 Å². The van der Waals surface area contributed by atoms with Crippen LogP contribution in [0.1, 0.15) is 18.9 Å². The van der Waals surface area contributed by atoms with Gasteiger partial charge in [0, 0.05) is 16.3 Å². The van der Waals surface area contributed by atoms with Gasteiger partial charge in [-0.15, -0.1) is 5.92 Å². The van der Waals surface area contributed by atoms with Gasteiger partial charge in [-0.2, -0.15) is 0 Å². The molecule has 0 amide bonds. The van der Waals surface area contributed by atoms with E-state index in [1.165, 1.54) is 6.07 Å². The Morgan fingerprint density at radius 1 is 1.19 bits per heavy atom. The molecule has 2 atom stereocenters. The summed E-state index contributed by atoms with van der Waals surface area (Å²) in [5, 5.41) is 0.898. The van der Waals surface area contributed by atoms with Crippen molar-refractivity contribution in [1.82, 2.24) is 0 Å². The third-order valence-electron chi connectivity index (χ3n) is 4.19. The number of hydrogen-bond donors (Lipinski definition) is 0. The number of ether oxygens (including phenoxy) is 2. The van der Waals surface area contributed by atoms with E-state index >= 15 is 0 Å². The van der Waals surface area contributed by atoms with Crippen LogP contribution in [0.3, 0.4) is 0 Å². The normalized spacial score (nSPS) is 19.0. The molecule has 1 aliphatic rings. The summed E-state index contributed by atoms with van der Waals surface area (Å²) in [6, 6.07) is 17.0. The van der Waals surface area contributed by atoms with E-state index in [2.05, 4.69) is 13.0 Å². The average molecular weight is 500 g/mol. The predicted octanol–water partition coefficient (Wildman–Crippen LogP) is 2.01. The number of rotatable bonds is 5. The van der Waals surface area contributed by atoms with Crippen LogP contribution in [-0.4, -0.2) is 5.44 Å². The zero-order valence-corrected chi connectivity index (χ0v) is 22.5. The van der Waals surface area contributed by atoms with Crippen LogP contribution >= 0.6 is 11.8 Å². The second-order valence-electron chi connectivity index (χ2n) is 6.42. The average Bonchev–Trinajstić information content (AvgIpc) is 3.04. The first-order valence-electron chi connectivity index (χ1n) is 8.57. The molecule has 2 heterocycles. The first-order chi connectivity index (χ1) is 12.7. The van der Waals surface area contributed by atoms with Crippen molar-refractivity contribution in [2.24, 2.45) is 5.92 Å². The molecule has 134 valence electrons. The second-order valence-corrected chi connectivity index (χ2v) is 7.66. The summed E-state index contributed by atoms with van der Waals surface area (Å²) in [5.74, 6) is 1.31. The molecule has 1 fully saturated rings. The fourth-order valence-corrected chi connectivity index (χ4v) is 4.03. The van der Waals surface area contributed by atoms with Gasteiger partial charge in [0.2, 0.25) is 0 Å². The number of benzene rings is 2. The molecule has 0 spiro atoms. The molecular weight excluding hydrogens is 481 g/mol. The molecule has 6 heteroatoms. The van der Waals surface area contributed by atoms with Crippen molar-refractivity contribution in [2.75, 3.05) is 0 Å². The molecule has 0 saturated carbocycles. The maximum absolute atomic E-state index is 11.4. The topological polar surface area (TPSA) is 48.7 Å². The quantitative estimate of drug-likeness (QED) is 0.397. The van der Waals surface area contributed by atoms with E-state index in [0.29, 0.717) is 18.1 Å². The fourth-order valence-electron chi connectivity index (χ4n) is 2.86. The molecule has 1 unspecified atom stereocenters. The minimum absolute atomic E-state index is 0. The maximum atomic E-state index is 11.4. The zero-order chi connectivity index (χ0) is 17.9. The van der Waals surface area contributed by atoms with Crippen molar-refractivity contribution in [3.05, 3.63) is 77.2 Å². The Morgan fingerprint density at radius 3 is 2.85 bits per heavy atom. The van der Waals surface area contributed by atoms with Gasteiger partial charge in [-0.3, -0.25) is 0 Å². The second kappa shape index (κ2) is 10.0. The molecule has 3 aromatic rings. The first kappa shape index (κ1) is 21.5. The molecule has 0 bridgehead atoms. The van der Waals surface area contributed by atoms with Crippen LogP contribution in [0.25, 0.3) is 11.0 Å². The van der Waals surface area contributed by atoms with E-state index in [1.807, 2.05) is 43.0 Å². The van der Waals surface area contributed by atoms with Crippen LogP contribution < -0.4 is 79.3 Å². The standard InChI is InChI=1S/C21H19O4S.Cs/c1-14-9-21(24-12-14)26-18-4-2-3-17(11-18)23-13-15-5-6-16-7-8-20(22)25-19(16)10-15;/h2-8,10-12,14,21H,9,13H2,1H3;/q-1;+1/t14-,21?;/m1./s1. The summed E-state index contributed by atoms with van der Waals surface area (Å²) in [7, 11) is 0. The summed E-state index contributed by atoms with van der Waals surface area (Å²) in [4.78, 5) is 12.5. The van der Waals surface area contributed by atoms with Crippen LogP contribution in [0, 0.1) is 12.5 Å². The zero-order valence-electron chi connectivity index (χ0n) is 15.4. The third kappa shape index (κ3) is 5.90. The van der Waals surface area contributed by atoms with E-state index in [9.17, 15) is 4.79 Å². The predicted molar refractivity (Wildman–Crippen MR) is 102 cm³/mol. The van der Waals surface area contributed by atoms with Crippen molar-refractivity contribution >= 4 is 22.7 Å².